The molecule has 0 heterocycles. The van der Waals surface area contributed by atoms with E-state index in [4.69, 9.17) is 9.47 Å². The third-order valence-corrected chi connectivity index (χ3v) is 2.48. The van der Waals surface area contributed by atoms with Crippen molar-refractivity contribution in [3.8, 4) is 11.5 Å². The van der Waals surface area contributed by atoms with Crippen LogP contribution in [0.15, 0.2) is 61.2 Å². The van der Waals surface area contributed by atoms with Gasteiger partial charge in [-0.3, -0.25) is 0 Å². The van der Waals surface area contributed by atoms with Gasteiger partial charge in [0.2, 0.25) is 0 Å². The van der Waals surface area contributed by atoms with Crippen LogP contribution in [-0.4, -0.2) is 14.2 Å². The number of hydrogen-bond acceptors (Lipinski definition) is 2. The highest BCUT2D eigenvalue weighted by Crippen LogP contribution is 2.27. The first-order chi connectivity index (χ1) is 9.31. The van der Waals surface area contributed by atoms with Crippen LogP contribution in [0, 0.1) is 0 Å². The van der Waals surface area contributed by atoms with Crippen molar-refractivity contribution in [2.24, 2.45) is 0 Å². The van der Waals surface area contributed by atoms with Gasteiger partial charge >= 0.3 is 0 Å². The molecule has 0 saturated carbocycles. The summed E-state index contributed by atoms with van der Waals surface area (Å²) in [4.78, 5) is 0. The molecule has 1 aromatic rings. The van der Waals surface area contributed by atoms with Crippen LogP contribution < -0.4 is 9.47 Å². The maximum absolute atomic E-state index is 5.26. The minimum Gasteiger partial charge on any atom is -0.493 e. The molecule has 0 radical (unpaired) electrons. The Morgan fingerprint density at radius 2 is 1.79 bits per heavy atom. The molecule has 0 unspecified atom stereocenters. The van der Waals surface area contributed by atoms with Gasteiger partial charge in [0.05, 0.1) is 14.2 Å². The number of allylic oxidation sites excluding steroid dienone is 6. The van der Waals surface area contributed by atoms with Crippen LogP contribution in [0.4, 0.5) is 0 Å². The fourth-order valence-electron chi connectivity index (χ4n) is 1.54. The Bertz CT molecular complexity index is 482. The molecule has 2 heteroatoms. The quantitative estimate of drug-likeness (QED) is 0.673. The second-order valence-electron chi connectivity index (χ2n) is 3.80. The Hall–Kier alpha value is -2.22. The van der Waals surface area contributed by atoms with Gasteiger partial charge in [-0.15, -0.1) is 0 Å². The summed E-state index contributed by atoms with van der Waals surface area (Å²) in [6.45, 7) is 3.61. The highest BCUT2D eigenvalue weighted by atomic mass is 16.5. The summed E-state index contributed by atoms with van der Waals surface area (Å²) in [5.74, 6) is 1.49. The molecule has 0 aromatic heterocycles. The van der Waals surface area contributed by atoms with Crippen molar-refractivity contribution in [3.63, 3.8) is 0 Å². The van der Waals surface area contributed by atoms with E-state index < -0.39 is 0 Å². The van der Waals surface area contributed by atoms with Crippen molar-refractivity contribution in [3.05, 3.63) is 66.8 Å². The minimum atomic E-state index is 0.745. The number of methoxy groups -OCH3 is 2. The van der Waals surface area contributed by atoms with Crippen molar-refractivity contribution >= 4 is 6.08 Å². The Kier molecular flexibility index (Phi) is 6.88. The largest absolute Gasteiger partial charge is 0.493 e. The minimum absolute atomic E-state index is 0.745. The van der Waals surface area contributed by atoms with Crippen molar-refractivity contribution in [1.29, 1.82) is 0 Å². The highest BCUT2D eigenvalue weighted by Gasteiger charge is 2.01. The number of hydrogen-bond donors (Lipinski definition) is 0. The molecule has 0 atom stereocenters. The van der Waals surface area contributed by atoms with Gasteiger partial charge in [-0.05, 0) is 24.1 Å². The van der Waals surface area contributed by atoms with E-state index >= 15 is 0 Å². The third-order valence-electron chi connectivity index (χ3n) is 2.48. The van der Waals surface area contributed by atoms with E-state index in [1.54, 1.807) is 20.3 Å². The molecule has 0 N–H and O–H groups in total. The van der Waals surface area contributed by atoms with Crippen molar-refractivity contribution in [1.82, 2.24) is 0 Å². The SMILES string of the molecule is C=CC=CC=CCC=Cc1ccc(OC)c(OC)c1. The molecule has 0 amide bonds. The molecule has 19 heavy (non-hydrogen) atoms. The Morgan fingerprint density at radius 3 is 2.47 bits per heavy atom. The van der Waals surface area contributed by atoms with E-state index in [1.165, 1.54) is 0 Å². The first-order valence-electron chi connectivity index (χ1n) is 6.14. The van der Waals surface area contributed by atoms with Crippen LogP contribution >= 0.6 is 0 Å². The van der Waals surface area contributed by atoms with Crippen LogP contribution in [0.3, 0.4) is 0 Å². The maximum Gasteiger partial charge on any atom is 0.161 e. The predicted octanol–water partition coefficient (Wildman–Crippen LogP) is 4.41. The van der Waals surface area contributed by atoms with E-state index in [-0.39, 0.29) is 0 Å². The molecule has 1 rings (SSSR count). The van der Waals surface area contributed by atoms with Crippen LogP contribution in [-0.2, 0) is 0 Å². The number of benzene rings is 1. The lowest BCUT2D eigenvalue weighted by Gasteiger charge is -2.07. The van der Waals surface area contributed by atoms with Gasteiger partial charge in [-0.1, -0.05) is 55.2 Å². The molecule has 0 aliphatic carbocycles. The Morgan fingerprint density at radius 1 is 1.00 bits per heavy atom. The normalized spacial score (nSPS) is 11.5. The fourth-order valence-corrected chi connectivity index (χ4v) is 1.54. The van der Waals surface area contributed by atoms with Crippen molar-refractivity contribution < 1.29 is 9.47 Å². The molecule has 0 saturated heterocycles. The topological polar surface area (TPSA) is 18.5 Å². The second kappa shape index (κ2) is 8.81. The molecular weight excluding hydrogens is 236 g/mol. The van der Waals surface area contributed by atoms with E-state index in [1.807, 2.05) is 36.4 Å². The molecule has 100 valence electrons. The summed E-state index contributed by atoms with van der Waals surface area (Å²) >= 11 is 0. The molecule has 0 spiro atoms. The van der Waals surface area contributed by atoms with E-state index in [0.717, 1.165) is 23.5 Å². The molecule has 0 fully saturated rings. The number of rotatable bonds is 7. The zero-order valence-electron chi connectivity index (χ0n) is 11.5. The van der Waals surface area contributed by atoms with Gasteiger partial charge < -0.3 is 9.47 Å². The van der Waals surface area contributed by atoms with Crippen LogP contribution in [0.25, 0.3) is 6.08 Å². The van der Waals surface area contributed by atoms with Gasteiger partial charge in [0.25, 0.3) is 0 Å². The zero-order chi connectivity index (χ0) is 13.9. The highest BCUT2D eigenvalue weighted by molar-refractivity contribution is 5.56. The maximum atomic E-state index is 5.26. The lowest BCUT2D eigenvalue weighted by Crippen LogP contribution is -1.90. The Balaban J connectivity index is 2.59. The smallest absolute Gasteiger partial charge is 0.161 e. The molecular formula is C17H20O2. The molecule has 0 aliphatic heterocycles. The van der Waals surface area contributed by atoms with Gasteiger partial charge in [0.15, 0.2) is 11.5 Å². The van der Waals surface area contributed by atoms with Crippen molar-refractivity contribution in [2.75, 3.05) is 14.2 Å². The van der Waals surface area contributed by atoms with Gasteiger partial charge in [0, 0.05) is 0 Å². The summed E-state index contributed by atoms with van der Waals surface area (Å²) < 4.78 is 10.5. The summed E-state index contributed by atoms with van der Waals surface area (Å²) in [7, 11) is 3.27. The standard InChI is InChI=1S/C17H20O2/c1-4-5-6-7-8-9-10-11-15-12-13-16(18-2)17(14-15)19-3/h4-8,10-14H,1,9H2,2-3H3. The molecule has 0 aliphatic rings. The number of ether oxygens (including phenoxy) is 2. The fraction of sp³-hybridized carbons (Fsp3) is 0.176. The summed E-state index contributed by atoms with van der Waals surface area (Å²) in [5, 5.41) is 0. The zero-order valence-corrected chi connectivity index (χ0v) is 11.5. The van der Waals surface area contributed by atoms with Crippen LogP contribution in [0.2, 0.25) is 0 Å². The average Bonchev–Trinajstić information content (AvgIpc) is 2.46. The van der Waals surface area contributed by atoms with Gasteiger partial charge in [-0.25, -0.2) is 0 Å². The lowest BCUT2D eigenvalue weighted by atomic mass is 10.1. The predicted molar refractivity (Wildman–Crippen MR) is 81.7 cm³/mol. The van der Waals surface area contributed by atoms with Crippen LogP contribution in [0.1, 0.15) is 12.0 Å². The third kappa shape index (κ3) is 5.30. The summed E-state index contributed by atoms with van der Waals surface area (Å²) in [5.41, 5.74) is 1.09. The van der Waals surface area contributed by atoms with E-state index in [2.05, 4.69) is 24.8 Å². The van der Waals surface area contributed by atoms with Crippen molar-refractivity contribution in [2.45, 2.75) is 6.42 Å². The molecule has 0 bridgehead atoms. The lowest BCUT2D eigenvalue weighted by molar-refractivity contribution is 0.355. The van der Waals surface area contributed by atoms with E-state index in [9.17, 15) is 0 Å². The first-order valence-corrected chi connectivity index (χ1v) is 6.14. The van der Waals surface area contributed by atoms with Gasteiger partial charge in [-0.2, -0.15) is 0 Å². The molecule has 2 nitrogen and oxygen atoms in total. The molecule has 1 aromatic carbocycles. The monoisotopic (exact) mass is 256 g/mol. The summed E-state index contributed by atoms with van der Waals surface area (Å²) in [6, 6.07) is 5.86. The second-order valence-corrected chi connectivity index (χ2v) is 3.80. The van der Waals surface area contributed by atoms with Crippen LogP contribution in [0.5, 0.6) is 11.5 Å². The van der Waals surface area contributed by atoms with E-state index in [0.29, 0.717) is 0 Å². The first kappa shape index (κ1) is 14.8. The average molecular weight is 256 g/mol. The Labute approximate surface area is 115 Å². The van der Waals surface area contributed by atoms with Gasteiger partial charge in [0.1, 0.15) is 0 Å². The summed E-state index contributed by atoms with van der Waals surface area (Å²) in [6.07, 6.45) is 14.7.